The number of ether oxygens (including phenoxy) is 1. The van der Waals surface area contributed by atoms with E-state index in [0.717, 1.165) is 18.2 Å². The highest BCUT2D eigenvalue weighted by Crippen LogP contribution is 2.32. The Kier molecular flexibility index (Phi) is 7.21. The van der Waals surface area contributed by atoms with Gasteiger partial charge in [0.2, 0.25) is 0 Å². The van der Waals surface area contributed by atoms with Crippen LogP contribution >= 0.6 is 11.6 Å². The largest absolute Gasteiger partial charge is 0.456 e. The van der Waals surface area contributed by atoms with E-state index in [4.69, 9.17) is 16.3 Å². The number of aromatic nitrogens is 4. The molecule has 3 rings (SSSR count). The maximum atomic E-state index is 13.1. The van der Waals surface area contributed by atoms with Crippen molar-refractivity contribution in [1.29, 1.82) is 0 Å². The fourth-order valence-electron chi connectivity index (χ4n) is 3.08. The molecule has 0 spiro atoms. The van der Waals surface area contributed by atoms with Crippen LogP contribution in [0.2, 0.25) is 5.02 Å². The predicted octanol–water partition coefficient (Wildman–Crippen LogP) is 5.09. The molecule has 0 bridgehead atoms. The Balaban J connectivity index is 1.83. The number of benzene rings is 1. The molecule has 1 atom stereocenters. The molecule has 0 aliphatic carbocycles. The zero-order chi connectivity index (χ0) is 26.1. The monoisotopic (exact) mass is 509 g/mol. The second-order valence-corrected chi connectivity index (χ2v) is 9.19. The van der Waals surface area contributed by atoms with Crippen molar-refractivity contribution >= 4 is 23.5 Å². The van der Waals surface area contributed by atoms with E-state index in [-0.39, 0.29) is 22.0 Å². The summed E-state index contributed by atoms with van der Waals surface area (Å²) >= 11 is 5.78. The number of nitrogens with zero attached hydrogens (tertiary/aromatic N) is 4. The number of carbonyl (C=O) groups is 2. The zero-order valence-electron chi connectivity index (χ0n) is 19.6. The molecule has 1 amide bonds. The van der Waals surface area contributed by atoms with E-state index in [1.54, 1.807) is 34.6 Å². The molecule has 0 aliphatic rings. The second-order valence-electron chi connectivity index (χ2n) is 8.76. The van der Waals surface area contributed by atoms with E-state index in [2.05, 4.69) is 20.4 Å². The Bertz CT molecular complexity index is 1250. The lowest BCUT2D eigenvalue weighted by Crippen LogP contribution is -2.29. The molecule has 35 heavy (non-hydrogen) atoms. The van der Waals surface area contributed by atoms with Crippen molar-refractivity contribution in [1.82, 2.24) is 25.1 Å². The molecular formula is C23H23ClF3N5O3. The van der Waals surface area contributed by atoms with Crippen molar-refractivity contribution in [2.45, 2.75) is 52.4 Å². The Labute approximate surface area is 204 Å². The summed E-state index contributed by atoms with van der Waals surface area (Å²) < 4.78 is 46.0. The van der Waals surface area contributed by atoms with Gasteiger partial charge in [0.05, 0.1) is 17.2 Å². The van der Waals surface area contributed by atoms with Crippen LogP contribution < -0.4 is 5.32 Å². The fourth-order valence-corrected chi connectivity index (χ4v) is 3.31. The number of hydrogen-bond donors (Lipinski definition) is 1. The molecule has 1 N–H and O–H groups in total. The fraction of sp³-hybridized carbons (Fsp3) is 0.348. The molecule has 0 aliphatic heterocycles. The van der Waals surface area contributed by atoms with Gasteiger partial charge in [-0.2, -0.15) is 17.9 Å². The molecule has 0 radical (unpaired) electrons. The number of aryl methyl sites for hydroxylation is 1. The number of amides is 1. The van der Waals surface area contributed by atoms with E-state index < -0.39 is 35.3 Å². The van der Waals surface area contributed by atoms with Crippen LogP contribution in [0.3, 0.4) is 0 Å². The first-order valence-corrected chi connectivity index (χ1v) is 10.8. The quantitative estimate of drug-likeness (QED) is 0.481. The predicted molar refractivity (Wildman–Crippen MR) is 121 cm³/mol. The standard InChI is InChI=1S/C23H23ClF3N5O3/c1-12(29-20(33)15-8-16(23(25,26)27)10-17(24)9-15)19-30-13(2)31-32(19)18-7-6-14(11-28-18)21(34)35-22(3,4)5/h6-12H,1-5H3,(H,29,33)/t12-/m0/s1. The number of halogens is 4. The lowest BCUT2D eigenvalue weighted by Gasteiger charge is -2.19. The number of pyridine rings is 1. The van der Waals surface area contributed by atoms with Crippen LogP contribution in [0.15, 0.2) is 36.5 Å². The van der Waals surface area contributed by atoms with E-state index >= 15 is 0 Å². The molecule has 0 saturated carbocycles. The number of alkyl halides is 3. The first kappa shape index (κ1) is 26.1. The maximum Gasteiger partial charge on any atom is 0.416 e. The Hall–Kier alpha value is -3.47. The van der Waals surface area contributed by atoms with Crippen LogP contribution in [0.25, 0.3) is 5.82 Å². The number of carbonyl (C=O) groups excluding carboxylic acids is 2. The Morgan fingerprint density at radius 2 is 1.80 bits per heavy atom. The summed E-state index contributed by atoms with van der Waals surface area (Å²) in [4.78, 5) is 33.5. The summed E-state index contributed by atoms with van der Waals surface area (Å²) in [6.45, 7) is 8.48. The number of hydrogen-bond acceptors (Lipinski definition) is 6. The van der Waals surface area contributed by atoms with Crippen LogP contribution in [-0.2, 0) is 10.9 Å². The van der Waals surface area contributed by atoms with Crippen molar-refractivity contribution in [3.05, 3.63) is 69.9 Å². The number of esters is 1. The van der Waals surface area contributed by atoms with Gasteiger partial charge >= 0.3 is 12.1 Å². The average molecular weight is 510 g/mol. The Morgan fingerprint density at radius 3 is 2.37 bits per heavy atom. The smallest absolute Gasteiger partial charge is 0.416 e. The van der Waals surface area contributed by atoms with Crippen molar-refractivity contribution in [2.24, 2.45) is 0 Å². The molecule has 8 nitrogen and oxygen atoms in total. The summed E-state index contributed by atoms with van der Waals surface area (Å²) in [6, 6.07) is 4.91. The van der Waals surface area contributed by atoms with E-state index in [0.29, 0.717) is 11.6 Å². The van der Waals surface area contributed by atoms with Gasteiger partial charge in [-0.3, -0.25) is 4.79 Å². The van der Waals surface area contributed by atoms with Crippen molar-refractivity contribution in [2.75, 3.05) is 0 Å². The SMILES string of the molecule is Cc1nc([C@H](C)NC(=O)c2cc(Cl)cc(C(F)(F)F)c2)n(-c2ccc(C(=O)OC(C)(C)C)cn2)n1. The molecule has 12 heteroatoms. The van der Waals surface area contributed by atoms with Crippen molar-refractivity contribution < 1.29 is 27.5 Å². The third-order valence-corrected chi connectivity index (χ3v) is 4.78. The van der Waals surface area contributed by atoms with Gasteiger partial charge in [-0.1, -0.05) is 11.6 Å². The zero-order valence-corrected chi connectivity index (χ0v) is 20.3. The number of rotatable bonds is 5. The van der Waals surface area contributed by atoms with Crippen molar-refractivity contribution in [3.8, 4) is 5.82 Å². The first-order chi connectivity index (χ1) is 16.1. The Morgan fingerprint density at radius 1 is 1.11 bits per heavy atom. The molecule has 3 aromatic rings. The van der Waals surface area contributed by atoms with Gasteiger partial charge in [-0.15, -0.1) is 5.10 Å². The van der Waals surface area contributed by atoms with Gasteiger partial charge in [0.1, 0.15) is 11.4 Å². The minimum Gasteiger partial charge on any atom is -0.456 e. The van der Waals surface area contributed by atoms with Gasteiger partial charge < -0.3 is 10.1 Å². The van der Waals surface area contributed by atoms with Gasteiger partial charge in [-0.05, 0) is 65.0 Å². The van der Waals surface area contributed by atoms with E-state index in [9.17, 15) is 22.8 Å². The summed E-state index contributed by atoms with van der Waals surface area (Å²) in [6.07, 6.45) is -3.32. The molecular weight excluding hydrogens is 487 g/mol. The van der Waals surface area contributed by atoms with Crippen LogP contribution in [0.1, 0.15) is 71.7 Å². The highest BCUT2D eigenvalue weighted by Gasteiger charge is 2.32. The summed E-state index contributed by atoms with van der Waals surface area (Å²) in [7, 11) is 0. The third-order valence-electron chi connectivity index (χ3n) is 4.56. The maximum absolute atomic E-state index is 13.1. The highest BCUT2D eigenvalue weighted by atomic mass is 35.5. The first-order valence-electron chi connectivity index (χ1n) is 10.5. The van der Waals surface area contributed by atoms with Crippen LogP contribution in [-0.4, -0.2) is 37.2 Å². The van der Waals surface area contributed by atoms with Crippen LogP contribution in [0.4, 0.5) is 13.2 Å². The highest BCUT2D eigenvalue weighted by molar-refractivity contribution is 6.31. The molecule has 0 fully saturated rings. The van der Waals surface area contributed by atoms with Crippen LogP contribution in [0, 0.1) is 6.92 Å². The summed E-state index contributed by atoms with van der Waals surface area (Å²) in [5, 5.41) is 6.67. The van der Waals surface area contributed by atoms with Gasteiger partial charge in [-0.25, -0.2) is 14.8 Å². The van der Waals surface area contributed by atoms with Crippen LogP contribution in [0.5, 0.6) is 0 Å². The lowest BCUT2D eigenvalue weighted by atomic mass is 10.1. The third kappa shape index (κ3) is 6.56. The molecule has 186 valence electrons. The van der Waals surface area contributed by atoms with Gasteiger partial charge in [0.25, 0.3) is 5.91 Å². The molecule has 0 saturated heterocycles. The van der Waals surface area contributed by atoms with Gasteiger partial charge in [0.15, 0.2) is 11.6 Å². The molecule has 0 unspecified atom stereocenters. The average Bonchev–Trinajstić information content (AvgIpc) is 3.13. The van der Waals surface area contributed by atoms with E-state index in [1.165, 1.54) is 23.0 Å². The molecule has 1 aromatic carbocycles. The summed E-state index contributed by atoms with van der Waals surface area (Å²) in [5.41, 5.74) is -1.70. The summed E-state index contributed by atoms with van der Waals surface area (Å²) in [5.74, 6) is -0.332. The van der Waals surface area contributed by atoms with E-state index in [1.807, 2.05) is 0 Å². The van der Waals surface area contributed by atoms with Gasteiger partial charge in [0, 0.05) is 16.8 Å². The molecule has 2 aromatic heterocycles. The van der Waals surface area contributed by atoms with Crippen molar-refractivity contribution in [3.63, 3.8) is 0 Å². The minimum absolute atomic E-state index is 0.217. The second kappa shape index (κ2) is 9.65. The normalized spacial score (nSPS) is 12.8. The molecule has 2 heterocycles. The number of nitrogens with one attached hydrogen (secondary N) is 1. The topological polar surface area (TPSA) is 99.0 Å². The lowest BCUT2D eigenvalue weighted by molar-refractivity contribution is -0.137. The minimum atomic E-state index is -4.65.